The van der Waals surface area contributed by atoms with E-state index in [1.807, 2.05) is 42.8 Å². The van der Waals surface area contributed by atoms with Gasteiger partial charge in [-0.2, -0.15) is 0 Å². The van der Waals surface area contributed by atoms with Crippen molar-refractivity contribution in [3.05, 3.63) is 64.5 Å². The van der Waals surface area contributed by atoms with Crippen molar-refractivity contribution in [2.45, 2.75) is 6.92 Å². The predicted molar refractivity (Wildman–Crippen MR) is 89.9 cm³/mol. The first-order valence-electron chi connectivity index (χ1n) is 6.76. The van der Waals surface area contributed by atoms with Crippen LogP contribution in [0.2, 0.25) is 10.0 Å². The highest BCUT2D eigenvalue weighted by atomic mass is 35.5. The molecule has 3 aromatic rings. The number of halogens is 2. The summed E-state index contributed by atoms with van der Waals surface area (Å²) in [5.74, 6) is 1.41. The van der Waals surface area contributed by atoms with E-state index in [1.54, 1.807) is 24.5 Å². The Morgan fingerprint density at radius 1 is 1.00 bits per heavy atom. The van der Waals surface area contributed by atoms with E-state index in [4.69, 9.17) is 27.9 Å². The third-order valence-electron chi connectivity index (χ3n) is 3.47. The van der Waals surface area contributed by atoms with Gasteiger partial charge in [-0.3, -0.25) is 0 Å². The van der Waals surface area contributed by atoms with E-state index in [0.29, 0.717) is 21.5 Å². The van der Waals surface area contributed by atoms with Crippen LogP contribution in [0.25, 0.3) is 11.3 Å². The van der Waals surface area contributed by atoms with Gasteiger partial charge in [0.2, 0.25) is 0 Å². The van der Waals surface area contributed by atoms with Crippen LogP contribution in [0.5, 0.6) is 11.5 Å². The van der Waals surface area contributed by atoms with E-state index in [1.165, 1.54) is 0 Å². The number of benzene rings is 2. The highest BCUT2D eigenvalue weighted by molar-refractivity contribution is 6.31. The van der Waals surface area contributed by atoms with Crippen LogP contribution in [-0.2, 0) is 7.05 Å². The number of hydrogen-bond donors (Lipinski definition) is 0. The van der Waals surface area contributed by atoms with E-state index >= 15 is 0 Å². The zero-order valence-corrected chi connectivity index (χ0v) is 13.7. The number of aromatic nitrogens is 2. The average Bonchev–Trinajstić information content (AvgIpc) is 2.83. The number of nitrogens with zero attached hydrogens (tertiary/aromatic N) is 2. The summed E-state index contributed by atoms with van der Waals surface area (Å²) in [7, 11) is 1.95. The smallest absolute Gasteiger partial charge is 0.136 e. The topological polar surface area (TPSA) is 27.1 Å². The van der Waals surface area contributed by atoms with Crippen LogP contribution in [0.1, 0.15) is 5.69 Å². The molecule has 0 aliphatic rings. The van der Waals surface area contributed by atoms with E-state index < -0.39 is 0 Å². The molecule has 3 nitrogen and oxygen atoms in total. The van der Waals surface area contributed by atoms with Crippen molar-refractivity contribution in [2.24, 2.45) is 7.05 Å². The molecule has 0 bridgehead atoms. The molecule has 0 atom stereocenters. The first-order chi connectivity index (χ1) is 10.5. The van der Waals surface area contributed by atoms with Crippen LogP contribution in [0, 0.1) is 6.92 Å². The molecule has 0 unspecified atom stereocenters. The van der Waals surface area contributed by atoms with Gasteiger partial charge >= 0.3 is 0 Å². The molecule has 1 heterocycles. The molecule has 0 aliphatic heterocycles. The summed E-state index contributed by atoms with van der Waals surface area (Å²) in [6.45, 7) is 2.01. The Balaban J connectivity index is 2.04. The largest absolute Gasteiger partial charge is 0.457 e. The van der Waals surface area contributed by atoms with Crippen molar-refractivity contribution >= 4 is 23.2 Å². The first kappa shape index (κ1) is 14.9. The molecule has 0 radical (unpaired) electrons. The van der Waals surface area contributed by atoms with Gasteiger partial charge in [0.05, 0.1) is 12.0 Å². The Labute approximate surface area is 139 Å². The fourth-order valence-electron chi connectivity index (χ4n) is 2.16. The maximum atomic E-state index is 6.14. The van der Waals surface area contributed by atoms with Crippen molar-refractivity contribution < 1.29 is 4.74 Å². The molecule has 0 N–H and O–H groups in total. The highest BCUT2D eigenvalue weighted by Gasteiger charge is 2.14. The maximum absolute atomic E-state index is 6.14. The van der Waals surface area contributed by atoms with Gasteiger partial charge in [0.25, 0.3) is 0 Å². The first-order valence-corrected chi connectivity index (χ1v) is 7.51. The molecule has 0 saturated heterocycles. The fourth-order valence-corrected chi connectivity index (χ4v) is 2.46. The minimum Gasteiger partial charge on any atom is -0.457 e. The van der Waals surface area contributed by atoms with Crippen molar-refractivity contribution in [1.29, 1.82) is 0 Å². The SMILES string of the molecule is Cc1c(-c2cc(Cl)ccc2Oc2ccc(Cl)cc2)ncn1C. The molecule has 0 amide bonds. The lowest BCUT2D eigenvalue weighted by Gasteiger charge is -2.11. The van der Waals surface area contributed by atoms with Gasteiger partial charge in [0, 0.05) is 28.4 Å². The molecular formula is C17H14Cl2N2O. The summed E-state index contributed by atoms with van der Waals surface area (Å²) in [6, 6.07) is 12.7. The zero-order valence-electron chi connectivity index (χ0n) is 12.2. The lowest BCUT2D eigenvalue weighted by Crippen LogP contribution is -1.92. The van der Waals surface area contributed by atoms with Gasteiger partial charge in [0.15, 0.2) is 0 Å². The van der Waals surface area contributed by atoms with Crippen LogP contribution < -0.4 is 4.74 Å². The second kappa shape index (κ2) is 6.03. The number of rotatable bonds is 3. The lowest BCUT2D eigenvalue weighted by atomic mass is 10.1. The van der Waals surface area contributed by atoms with Gasteiger partial charge < -0.3 is 9.30 Å². The molecule has 0 aliphatic carbocycles. The fraction of sp³-hybridized carbons (Fsp3) is 0.118. The number of aryl methyl sites for hydroxylation is 1. The normalized spacial score (nSPS) is 10.7. The Morgan fingerprint density at radius 3 is 2.32 bits per heavy atom. The van der Waals surface area contributed by atoms with Crippen molar-refractivity contribution in [3.63, 3.8) is 0 Å². The van der Waals surface area contributed by atoms with E-state index in [2.05, 4.69) is 4.98 Å². The second-order valence-corrected chi connectivity index (χ2v) is 5.86. The molecule has 3 rings (SSSR count). The quantitative estimate of drug-likeness (QED) is 0.633. The van der Waals surface area contributed by atoms with Gasteiger partial charge in [-0.25, -0.2) is 4.98 Å². The van der Waals surface area contributed by atoms with Gasteiger partial charge in [-0.05, 0) is 49.4 Å². The van der Waals surface area contributed by atoms with Crippen molar-refractivity contribution in [3.8, 4) is 22.8 Å². The standard InChI is InChI=1S/C17H14Cl2N2O/c1-11-17(20-10-21(11)2)15-9-13(19)5-8-16(15)22-14-6-3-12(18)4-7-14/h3-10H,1-2H3. The summed E-state index contributed by atoms with van der Waals surface area (Å²) in [5, 5.41) is 1.31. The molecule has 22 heavy (non-hydrogen) atoms. The van der Waals surface area contributed by atoms with Gasteiger partial charge in [-0.15, -0.1) is 0 Å². The number of ether oxygens (including phenoxy) is 1. The molecule has 1 aromatic heterocycles. The molecule has 2 aromatic carbocycles. The molecular weight excluding hydrogens is 319 g/mol. The highest BCUT2D eigenvalue weighted by Crippen LogP contribution is 2.36. The summed E-state index contributed by atoms with van der Waals surface area (Å²) in [6.07, 6.45) is 1.78. The number of hydrogen-bond acceptors (Lipinski definition) is 2. The van der Waals surface area contributed by atoms with Gasteiger partial charge in [-0.1, -0.05) is 23.2 Å². The Bertz CT molecular complexity index is 810. The summed E-state index contributed by atoms with van der Waals surface area (Å²) in [4.78, 5) is 4.45. The summed E-state index contributed by atoms with van der Waals surface area (Å²) in [5.41, 5.74) is 2.76. The van der Waals surface area contributed by atoms with Crippen molar-refractivity contribution in [1.82, 2.24) is 9.55 Å². The van der Waals surface area contributed by atoms with E-state index in [0.717, 1.165) is 17.0 Å². The minimum atomic E-state index is 0.642. The molecule has 112 valence electrons. The third-order valence-corrected chi connectivity index (χ3v) is 3.96. The predicted octanol–water partition coefficient (Wildman–Crippen LogP) is 5.49. The van der Waals surface area contributed by atoms with Crippen LogP contribution >= 0.6 is 23.2 Å². The number of imidazole rings is 1. The van der Waals surface area contributed by atoms with Crippen LogP contribution in [0.15, 0.2) is 48.8 Å². The minimum absolute atomic E-state index is 0.642. The molecule has 0 fully saturated rings. The van der Waals surface area contributed by atoms with E-state index in [9.17, 15) is 0 Å². The Hall–Kier alpha value is -1.97. The average molecular weight is 333 g/mol. The van der Waals surface area contributed by atoms with Crippen LogP contribution in [-0.4, -0.2) is 9.55 Å². The lowest BCUT2D eigenvalue weighted by molar-refractivity contribution is 0.484. The monoisotopic (exact) mass is 332 g/mol. The van der Waals surface area contributed by atoms with Crippen molar-refractivity contribution in [2.75, 3.05) is 0 Å². The molecule has 0 spiro atoms. The maximum Gasteiger partial charge on any atom is 0.136 e. The second-order valence-electron chi connectivity index (χ2n) is 4.99. The molecule has 5 heteroatoms. The molecule has 0 saturated carbocycles. The Kier molecular flexibility index (Phi) is 4.10. The zero-order chi connectivity index (χ0) is 15.7. The summed E-state index contributed by atoms with van der Waals surface area (Å²) < 4.78 is 7.93. The Morgan fingerprint density at radius 2 is 1.68 bits per heavy atom. The third kappa shape index (κ3) is 2.96. The van der Waals surface area contributed by atoms with Crippen LogP contribution in [0.4, 0.5) is 0 Å². The van der Waals surface area contributed by atoms with Crippen LogP contribution in [0.3, 0.4) is 0 Å². The van der Waals surface area contributed by atoms with E-state index in [-0.39, 0.29) is 0 Å². The van der Waals surface area contributed by atoms with Gasteiger partial charge in [0.1, 0.15) is 11.5 Å². The summed E-state index contributed by atoms with van der Waals surface area (Å²) >= 11 is 12.0.